The highest BCUT2D eigenvalue weighted by Gasteiger charge is 2.28. The molecule has 2 aromatic carbocycles. The van der Waals surface area contributed by atoms with Gasteiger partial charge in [-0.15, -0.1) is 0 Å². The first-order valence-electron chi connectivity index (χ1n) is 7.50. The van der Waals surface area contributed by atoms with Crippen LogP contribution in [0.2, 0.25) is 0 Å². The standard InChI is InChI=1S/C19H19FN2O2/c1-11-13(10-21)17(23)16(22-18(24)19(2,3)4)15(20)14(11)12-8-6-5-7-9-12/h5-9,23H,1-4H3,(H,22,24). The van der Waals surface area contributed by atoms with E-state index in [1.54, 1.807) is 58.0 Å². The summed E-state index contributed by atoms with van der Waals surface area (Å²) in [4.78, 5) is 12.2. The zero-order chi connectivity index (χ0) is 18.1. The van der Waals surface area contributed by atoms with Crippen molar-refractivity contribution in [3.05, 3.63) is 47.3 Å². The third kappa shape index (κ3) is 3.09. The van der Waals surface area contributed by atoms with Crippen molar-refractivity contribution in [2.24, 2.45) is 5.41 Å². The van der Waals surface area contributed by atoms with E-state index in [1.807, 2.05) is 6.07 Å². The zero-order valence-electron chi connectivity index (χ0n) is 14.1. The lowest BCUT2D eigenvalue weighted by molar-refractivity contribution is -0.123. The van der Waals surface area contributed by atoms with Crippen LogP contribution >= 0.6 is 0 Å². The number of nitriles is 1. The van der Waals surface area contributed by atoms with Crippen molar-refractivity contribution in [2.45, 2.75) is 27.7 Å². The fourth-order valence-electron chi connectivity index (χ4n) is 2.32. The van der Waals surface area contributed by atoms with Crippen molar-refractivity contribution in [3.8, 4) is 22.9 Å². The molecule has 0 saturated heterocycles. The number of phenolic OH excluding ortho intramolecular Hbond substituents is 1. The van der Waals surface area contributed by atoms with Gasteiger partial charge in [0.1, 0.15) is 11.8 Å². The molecular weight excluding hydrogens is 307 g/mol. The van der Waals surface area contributed by atoms with E-state index < -0.39 is 22.9 Å². The van der Waals surface area contributed by atoms with Gasteiger partial charge in [-0.3, -0.25) is 4.79 Å². The van der Waals surface area contributed by atoms with E-state index >= 15 is 4.39 Å². The molecule has 5 heteroatoms. The van der Waals surface area contributed by atoms with Crippen LogP contribution in [0, 0.1) is 29.5 Å². The van der Waals surface area contributed by atoms with Gasteiger partial charge in [-0.2, -0.15) is 5.26 Å². The normalized spacial score (nSPS) is 11.0. The lowest BCUT2D eigenvalue weighted by atomic mass is 9.92. The number of amides is 1. The number of benzene rings is 2. The molecule has 0 aliphatic rings. The number of rotatable bonds is 2. The predicted octanol–water partition coefficient (Wildman–Crippen LogP) is 4.36. The fourth-order valence-corrected chi connectivity index (χ4v) is 2.32. The van der Waals surface area contributed by atoms with Crippen molar-refractivity contribution < 1.29 is 14.3 Å². The number of hydrogen-bond acceptors (Lipinski definition) is 3. The Morgan fingerprint density at radius 2 is 1.83 bits per heavy atom. The number of phenols is 1. The van der Waals surface area contributed by atoms with Gasteiger partial charge < -0.3 is 10.4 Å². The molecule has 0 unspecified atom stereocenters. The summed E-state index contributed by atoms with van der Waals surface area (Å²) in [5.41, 5.74) is -0.115. The minimum Gasteiger partial charge on any atom is -0.504 e. The summed E-state index contributed by atoms with van der Waals surface area (Å²) < 4.78 is 15.1. The zero-order valence-corrected chi connectivity index (χ0v) is 14.1. The van der Waals surface area contributed by atoms with Crippen molar-refractivity contribution in [1.82, 2.24) is 0 Å². The Balaban J connectivity index is 2.73. The highest BCUT2D eigenvalue weighted by molar-refractivity contribution is 5.97. The van der Waals surface area contributed by atoms with Gasteiger partial charge in [-0.1, -0.05) is 51.1 Å². The molecule has 0 saturated carbocycles. The second-order valence-electron chi connectivity index (χ2n) is 6.59. The average molecular weight is 326 g/mol. The van der Waals surface area contributed by atoms with Gasteiger partial charge in [-0.05, 0) is 18.1 Å². The lowest BCUT2D eigenvalue weighted by Crippen LogP contribution is -2.28. The number of nitrogens with zero attached hydrogens (tertiary/aromatic N) is 1. The molecule has 0 spiro atoms. The van der Waals surface area contributed by atoms with E-state index in [1.165, 1.54) is 0 Å². The number of aromatic hydroxyl groups is 1. The van der Waals surface area contributed by atoms with E-state index in [0.29, 0.717) is 11.1 Å². The molecule has 0 aromatic heterocycles. The molecule has 2 N–H and O–H groups in total. The van der Waals surface area contributed by atoms with Crippen molar-refractivity contribution >= 4 is 11.6 Å². The monoisotopic (exact) mass is 326 g/mol. The molecule has 0 radical (unpaired) electrons. The van der Waals surface area contributed by atoms with E-state index in [4.69, 9.17) is 0 Å². The van der Waals surface area contributed by atoms with Gasteiger partial charge in [0.2, 0.25) is 5.91 Å². The molecule has 1 amide bonds. The average Bonchev–Trinajstić information content (AvgIpc) is 2.52. The SMILES string of the molecule is Cc1c(C#N)c(O)c(NC(=O)C(C)(C)C)c(F)c1-c1ccccc1. The molecule has 0 heterocycles. The van der Waals surface area contributed by atoms with Gasteiger partial charge in [-0.25, -0.2) is 4.39 Å². The maximum atomic E-state index is 15.1. The maximum absolute atomic E-state index is 15.1. The molecule has 124 valence electrons. The third-order valence-electron chi connectivity index (χ3n) is 3.76. The quantitative estimate of drug-likeness (QED) is 0.805. The third-order valence-corrected chi connectivity index (χ3v) is 3.76. The fraction of sp³-hybridized carbons (Fsp3) is 0.263. The number of carbonyl (C=O) groups is 1. The molecule has 2 rings (SSSR count). The Labute approximate surface area is 140 Å². The summed E-state index contributed by atoms with van der Waals surface area (Å²) in [7, 11) is 0. The number of anilines is 1. The molecule has 0 aliphatic heterocycles. The Morgan fingerprint density at radius 3 is 2.33 bits per heavy atom. The van der Waals surface area contributed by atoms with Crippen LogP contribution in [0.5, 0.6) is 5.75 Å². The van der Waals surface area contributed by atoms with E-state index in [0.717, 1.165) is 0 Å². The summed E-state index contributed by atoms with van der Waals surface area (Å²) in [6.45, 7) is 6.59. The van der Waals surface area contributed by atoms with Gasteiger partial charge in [0.15, 0.2) is 11.6 Å². The van der Waals surface area contributed by atoms with E-state index in [2.05, 4.69) is 5.32 Å². The minimum atomic E-state index is -0.774. The second kappa shape index (κ2) is 6.32. The van der Waals surface area contributed by atoms with Crippen molar-refractivity contribution in [3.63, 3.8) is 0 Å². The summed E-state index contributed by atoms with van der Waals surface area (Å²) in [5, 5.41) is 22.0. The van der Waals surface area contributed by atoms with Gasteiger partial charge in [0, 0.05) is 11.0 Å². The summed E-state index contributed by atoms with van der Waals surface area (Å²) in [6.07, 6.45) is 0. The van der Waals surface area contributed by atoms with E-state index in [9.17, 15) is 15.2 Å². The topological polar surface area (TPSA) is 73.1 Å². The Morgan fingerprint density at radius 1 is 1.25 bits per heavy atom. The molecule has 24 heavy (non-hydrogen) atoms. The first-order valence-corrected chi connectivity index (χ1v) is 7.50. The Bertz CT molecular complexity index is 831. The molecular formula is C19H19FN2O2. The molecule has 0 aliphatic carbocycles. The summed E-state index contributed by atoms with van der Waals surface area (Å²) in [6, 6.07) is 10.6. The van der Waals surface area contributed by atoms with Gasteiger partial charge in [0.05, 0.1) is 5.56 Å². The Kier molecular flexibility index (Phi) is 4.61. The van der Waals surface area contributed by atoms with Crippen LogP contribution in [0.15, 0.2) is 30.3 Å². The van der Waals surface area contributed by atoms with Crippen molar-refractivity contribution in [1.29, 1.82) is 5.26 Å². The van der Waals surface area contributed by atoms with Crippen LogP contribution in [-0.4, -0.2) is 11.0 Å². The lowest BCUT2D eigenvalue weighted by Gasteiger charge is -2.21. The smallest absolute Gasteiger partial charge is 0.229 e. The largest absolute Gasteiger partial charge is 0.504 e. The second-order valence-corrected chi connectivity index (χ2v) is 6.59. The van der Waals surface area contributed by atoms with Crippen LogP contribution in [0.1, 0.15) is 31.9 Å². The summed E-state index contributed by atoms with van der Waals surface area (Å²) in [5.74, 6) is -1.76. The molecule has 0 bridgehead atoms. The van der Waals surface area contributed by atoms with Crippen molar-refractivity contribution in [2.75, 3.05) is 5.32 Å². The van der Waals surface area contributed by atoms with E-state index in [-0.39, 0.29) is 16.8 Å². The Hall–Kier alpha value is -2.87. The molecule has 2 aromatic rings. The van der Waals surface area contributed by atoms with Gasteiger partial charge in [0.25, 0.3) is 0 Å². The summed E-state index contributed by atoms with van der Waals surface area (Å²) >= 11 is 0. The highest BCUT2D eigenvalue weighted by atomic mass is 19.1. The molecule has 0 atom stereocenters. The highest BCUT2D eigenvalue weighted by Crippen LogP contribution is 2.41. The van der Waals surface area contributed by atoms with Gasteiger partial charge >= 0.3 is 0 Å². The first-order chi connectivity index (χ1) is 11.2. The number of halogens is 1. The first kappa shape index (κ1) is 17.5. The van der Waals surface area contributed by atoms with Crippen LogP contribution in [-0.2, 0) is 4.79 Å². The van der Waals surface area contributed by atoms with Crippen LogP contribution in [0.3, 0.4) is 0 Å². The minimum absolute atomic E-state index is 0.0561. The number of nitrogens with one attached hydrogen (secondary N) is 1. The predicted molar refractivity (Wildman–Crippen MR) is 91.0 cm³/mol. The molecule has 4 nitrogen and oxygen atoms in total. The van der Waals surface area contributed by atoms with Crippen LogP contribution < -0.4 is 5.32 Å². The maximum Gasteiger partial charge on any atom is 0.229 e. The van der Waals surface area contributed by atoms with Crippen LogP contribution in [0.25, 0.3) is 11.1 Å². The molecule has 0 fully saturated rings. The number of carbonyl (C=O) groups excluding carboxylic acids is 1. The van der Waals surface area contributed by atoms with Crippen LogP contribution in [0.4, 0.5) is 10.1 Å². The number of hydrogen-bond donors (Lipinski definition) is 2.